The number of pyridine rings is 1. The average molecular weight is 270 g/mol. The summed E-state index contributed by atoms with van der Waals surface area (Å²) in [4.78, 5) is 15.9. The van der Waals surface area contributed by atoms with Crippen LogP contribution >= 0.6 is 0 Å². The zero-order chi connectivity index (χ0) is 14.4. The molecule has 1 amide bonds. The summed E-state index contributed by atoms with van der Waals surface area (Å²) in [6.07, 6.45) is 1.66. The van der Waals surface area contributed by atoms with Crippen molar-refractivity contribution >= 4 is 17.4 Å². The highest BCUT2D eigenvalue weighted by molar-refractivity contribution is 5.94. The summed E-state index contributed by atoms with van der Waals surface area (Å²) < 4.78 is 0. The van der Waals surface area contributed by atoms with Gasteiger partial charge in [-0.2, -0.15) is 0 Å². The van der Waals surface area contributed by atoms with Gasteiger partial charge in [-0.25, -0.2) is 4.98 Å². The van der Waals surface area contributed by atoms with E-state index in [4.69, 9.17) is 5.73 Å². The van der Waals surface area contributed by atoms with Crippen LogP contribution in [0.4, 0.5) is 11.5 Å². The maximum Gasteiger partial charge on any atom is 0.251 e. The van der Waals surface area contributed by atoms with E-state index in [0.717, 1.165) is 11.3 Å². The lowest BCUT2D eigenvalue weighted by atomic mass is 10.1. The zero-order valence-corrected chi connectivity index (χ0v) is 11.4. The largest absolute Gasteiger partial charge is 0.384 e. The molecule has 0 saturated carbocycles. The van der Waals surface area contributed by atoms with E-state index < -0.39 is 0 Å². The number of nitrogen functional groups attached to an aromatic ring is 1. The Bertz CT molecular complexity index is 581. The van der Waals surface area contributed by atoms with Crippen LogP contribution in [0, 0.1) is 6.92 Å². The number of nitrogens with two attached hydrogens (primary N) is 1. The Kier molecular flexibility index (Phi) is 4.55. The third-order valence-corrected chi connectivity index (χ3v) is 2.81. The molecule has 2 rings (SSSR count). The molecule has 0 saturated heterocycles. The highest BCUT2D eigenvalue weighted by Crippen LogP contribution is 2.06. The smallest absolute Gasteiger partial charge is 0.251 e. The number of nitrogens with zero attached hydrogens (tertiary/aromatic N) is 1. The quantitative estimate of drug-likeness (QED) is 0.724. The van der Waals surface area contributed by atoms with Crippen LogP contribution in [0.1, 0.15) is 15.9 Å². The Morgan fingerprint density at radius 2 is 2.10 bits per heavy atom. The standard InChI is InChI=1S/C15H18N4O/c1-11-3-2-4-12(9-11)15(20)18-8-7-17-13-5-6-14(16)19-10-13/h2-6,9-10,17H,7-8H2,1H3,(H2,16,19)(H,18,20). The van der Waals surface area contributed by atoms with Crippen molar-refractivity contribution in [3.8, 4) is 0 Å². The van der Waals surface area contributed by atoms with Crippen LogP contribution in [0.5, 0.6) is 0 Å². The first-order valence-electron chi connectivity index (χ1n) is 6.45. The lowest BCUT2D eigenvalue weighted by molar-refractivity contribution is 0.0955. The number of carbonyl (C=O) groups is 1. The van der Waals surface area contributed by atoms with Gasteiger partial charge < -0.3 is 16.4 Å². The number of amides is 1. The van der Waals surface area contributed by atoms with Crippen LogP contribution in [0.3, 0.4) is 0 Å². The van der Waals surface area contributed by atoms with Gasteiger partial charge >= 0.3 is 0 Å². The Morgan fingerprint density at radius 3 is 2.80 bits per heavy atom. The van der Waals surface area contributed by atoms with Gasteiger partial charge in [-0.15, -0.1) is 0 Å². The molecule has 0 radical (unpaired) electrons. The third-order valence-electron chi connectivity index (χ3n) is 2.81. The number of anilines is 2. The summed E-state index contributed by atoms with van der Waals surface area (Å²) in [5.41, 5.74) is 8.13. The Labute approximate surface area is 118 Å². The van der Waals surface area contributed by atoms with Gasteiger partial charge in [-0.1, -0.05) is 17.7 Å². The minimum Gasteiger partial charge on any atom is -0.384 e. The molecule has 0 spiro atoms. The SMILES string of the molecule is Cc1cccc(C(=O)NCCNc2ccc(N)nc2)c1. The van der Waals surface area contributed by atoms with Gasteiger partial charge in [0.25, 0.3) is 5.91 Å². The summed E-state index contributed by atoms with van der Waals surface area (Å²) in [5.74, 6) is 0.425. The first-order chi connectivity index (χ1) is 9.65. The first-order valence-corrected chi connectivity index (χ1v) is 6.45. The maximum absolute atomic E-state index is 11.9. The van der Waals surface area contributed by atoms with Crippen LogP contribution in [0.15, 0.2) is 42.6 Å². The second-order valence-corrected chi connectivity index (χ2v) is 4.52. The van der Waals surface area contributed by atoms with Crippen LogP contribution in [0.2, 0.25) is 0 Å². The summed E-state index contributed by atoms with van der Waals surface area (Å²) in [5, 5.41) is 6.02. The predicted molar refractivity (Wildman–Crippen MR) is 80.7 cm³/mol. The highest BCUT2D eigenvalue weighted by Gasteiger charge is 2.03. The van der Waals surface area contributed by atoms with Crippen molar-refractivity contribution in [3.05, 3.63) is 53.7 Å². The summed E-state index contributed by atoms with van der Waals surface area (Å²) >= 11 is 0. The van der Waals surface area contributed by atoms with E-state index >= 15 is 0 Å². The summed E-state index contributed by atoms with van der Waals surface area (Å²) in [6.45, 7) is 3.13. The van der Waals surface area contributed by atoms with Crippen molar-refractivity contribution < 1.29 is 4.79 Å². The highest BCUT2D eigenvalue weighted by atomic mass is 16.1. The van der Waals surface area contributed by atoms with E-state index in [2.05, 4.69) is 15.6 Å². The minimum absolute atomic E-state index is 0.0640. The van der Waals surface area contributed by atoms with Crippen molar-refractivity contribution in [2.24, 2.45) is 0 Å². The lowest BCUT2D eigenvalue weighted by Gasteiger charge is -2.08. The van der Waals surface area contributed by atoms with E-state index in [-0.39, 0.29) is 5.91 Å². The van der Waals surface area contributed by atoms with Crippen molar-refractivity contribution in [1.29, 1.82) is 0 Å². The second kappa shape index (κ2) is 6.56. The molecule has 0 aliphatic carbocycles. The van der Waals surface area contributed by atoms with E-state index in [9.17, 15) is 4.79 Å². The molecule has 1 heterocycles. The van der Waals surface area contributed by atoms with E-state index in [0.29, 0.717) is 24.5 Å². The Hall–Kier alpha value is -2.56. The fourth-order valence-electron chi connectivity index (χ4n) is 1.78. The van der Waals surface area contributed by atoms with E-state index in [1.165, 1.54) is 0 Å². The van der Waals surface area contributed by atoms with Crippen LogP contribution in [-0.4, -0.2) is 24.0 Å². The molecule has 0 atom stereocenters. The fraction of sp³-hybridized carbons (Fsp3) is 0.200. The normalized spacial score (nSPS) is 10.1. The first kappa shape index (κ1) is 13.9. The van der Waals surface area contributed by atoms with Gasteiger partial charge in [-0.05, 0) is 31.2 Å². The van der Waals surface area contributed by atoms with Crippen molar-refractivity contribution in [2.45, 2.75) is 6.92 Å². The number of aromatic nitrogens is 1. The van der Waals surface area contributed by atoms with Crippen molar-refractivity contribution in [2.75, 3.05) is 24.1 Å². The Morgan fingerprint density at radius 1 is 1.25 bits per heavy atom. The topological polar surface area (TPSA) is 80.0 Å². The van der Waals surface area contributed by atoms with Crippen LogP contribution in [-0.2, 0) is 0 Å². The van der Waals surface area contributed by atoms with Crippen molar-refractivity contribution in [3.63, 3.8) is 0 Å². The number of nitrogens with one attached hydrogen (secondary N) is 2. The molecule has 1 aromatic carbocycles. The average Bonchev–Trinajstić information content (AvgIpc) is 2.45. The molecule has 0 fully saturated rings. The molecule has 0 unspecified atom stereocenters. The van der Waals surface area contributed by atoms with Gasteiger partial charge in [-0.3, -0.25) is 4.79 Å². The van der Waals surface area contributed by atoms with Gasteiger partial charge in [0.05, 0.1) is 11.9 Å². The lowest BCUT2D eigenvalue weighted by Crippen LogP contribution is -2.28. The molecule has 0 aliphatic heterocycles. The number of hydrogen-bond donors (Lipinski definition) is 3. The third kappa shape index (κ3) is 3.98. The van der Waals surface area contributed by atoms with Crippen molar-refractivity contribution in [1.82, 2.24) is 10.3 Å². The fourth-order valence-corrected chi connectivity index (χ4v) is 1.78. The van der Waals surface area contributed by atoms with Crippen LogP contribution in [0.25, 0.3) is 0 Å². The van der Waals surface area contributed by atoms with Gasteiger partial charge in [0.1, 0.15) is 5.82 Å². The van der Waals surface area contributed by atoms with Gasteiger partial charge in [0.2, 0.25) is 0 Å². The molecular weight excluding hydrogens is 252 g/mol. The molecule has 2 aromatic rings. The number of aryl methyl sites for hydroxylation is 1. The van der Waals surface area contributed by atoms with E-state index in [1.54, 1.807) is 18.3 Å². The molecule has 5 heteroatoms. The number of carbonyl (C=O) groups excluding carboxylic acids is 1. The second-order valence-electron chi connectivity index (χ2n) is 4.52. The minimum atomic E-state index is -0.0640. The number of hydrogen-bond acceptors (Lipinski definition) is 4. The molecule has 1 aromatic heterocycles. The molecule has 0 bridgehead atoms. The number of benzene rings is 1. The molecule has 0 aliphatic rings. The molecule has 104 valence electrons. The molecule has 5 nitrogen and oxygen atoms in total. The summed E-state index contributed by atoms with van der Waals surface area (Å²) in [6, 6.07) is 11.1. The zero-order valence-electron chi connectivity index (χ0n) is 11.4. The van der Waals surface area contributed by atoms with Crippen LogP contribution < -0.4 is 16.4 Å². The molecule has 4 N–H and O–H groups in total. The van der Waals surface area contributed by atoms with Gasteiger partial charge in [0.15, 0.2) is 0 Å². The monoisotopic (exact) mass is 270 g/mol. The summed E-state index contributed by atoms with van der Waals surface area (Å²) in [7, 11) is 0. The molecule has 20 heavy (non-hydrogen) atoms. The predicted octanol–water partition coefficient (Wildman–Crippen LogP) is 1.81. The van der Waals surface area contributed by atoms with E-state index in [1.807, 2.05) is 31.2 Å². The number of rotatable bonds is 5. The Balaban J connectivity index is 1.76. The molecular formula is C15H18N4O. The van der Waals surface area contributed by atoms with Gasteiger partial charge in [0, 0.05) is 18.7 Å². The maximum atomic E-state index is 11.9.